The number of nitrogens with zero attached hydrogens (tertiary/aromatic N) is 1. The van der Waals surface area contributed by atoms with Gasteiger partial charge in [0.1, 0.15) is 5.75 Å². The third-order valence-electron chi connectivity index (χ3n) is 4.17. The van der Waals surface area contributed by atoms with Crippen LogP contribution in [0.15, 0.2) is 42.5 Å². The smallest absolute Gasteiger partial charge is 0.305 e. The highest BCUT2D eigenvalue weighted by Gasteiger charge is 2.16. The first-order valence-corrected chi connectivity index (χ1v) is 9.04. The zero-order chi connectivity index (χ0) is 20.5. The number of rotatable bonds is 10. The Morgan fingerprint density at radius 3 is 2.29 bits per heavy atom. The van der Waals surface area contributed by atoms with Crippen LogP contribution in [0.2, 0.25) is 0 Å². The third kappa shape index (κ3) is 6.64. The molecule has 0 spiro atoms. The van der Waals surface area contributed by atoms with Gasteiger partial charge in [-0.25, -0.2) is 8.78 Å². The molecule has 1 amide bonds. The minimum Gasteiger partial charge on any atom is -0.494 e. The van der Waals surface area contributed by atoms with E-state index >= 15 is 0 Å². The van der Waals surface area contributed by atoms with E-state index in [0.717, 1.165) is 23.4 Å². The maximum Gasteiger partial charge on any atom is 0.305 e. The number of halogens is 2. The van der Waals surface area contributed by atoms with Crippen LogP contribution in [0.25, 0.3) is 0 Å². The first kappa shape index (κ1) is 21.3. The first-order chi connectivity index (χ1) is 13.4. The van der Waals surface area contributed by atoms with Crippen LogP contribution in [0.5, 0.6) is 5.75 Å². The highest BCUT2D eigenvalue weighted by molar-refractivity contribution is 5.77. The van der Waals surface area contributed by atoms with Crippen molar-refractivity contribution < 1.29 is 28.2 Å². The van der Waals surface area contributed by atoms with Crippen LogP contribution < -0.4 is 4.74 Å². The van der Waals surface area contributed by atoms with Gasteiger partial charge in [0.15, 0.2) is 11.6 Å². The van der Waals surface area contributed by atoms with Gasteiger partial charge in [-0.1, -0.05) is 18.2 Å². The van der Waals surface area contributed by atoms with Gasteiger partial charge in [-0.05, 0) is 48.7 Å². The fourth-order valence-electron chi connectivity index (χ4n) is 2.71. The number of aryl methyl sites for hydroxylation is 1. The second kappa shape index (κ2) is 10.4. The van der Waals surface area contributed by atoms with Crippen molar-refractivity contribution in [2.45, 2.75) is 32.7 Å². The van der Waals surface area contributed by atoms with Gasteiger partial charge in [0, 0.05) is 19.5 Å². The number of amides is 1. The van der Waals surface area contributed by atoms with Crippen molar-refractivity contribution in [2.24, 2.45) is 0 Å². The quantitative estimate of drug-likeness (QED) is 0.669. The molecule has 0 atom stereocenters. The van der Waals surface area contributed by atoms with Crippen molar-refractivity contribution in [2.75, 3.05) is 13.2 Å². The molecule has 2 aromatic carbocycles. The summed E-state index contributed by atoms with van der Waals surface area (Å²) >= 11 is 0. The zero-order valence-corrected chi connectivity index (χ0v) is 15.7. The first-order valence-electron chi connectivity index (χ1n) is 9.04. The molecule has 0 radical (unpaired) electrons. The molecule has 0 unspecified atom stereocenters. The molecular formula is C21H23F2NO4. The number of carbonyl (C=O) groups is 2. The maximum atomic E-state index is 13.4. The second-order valence-electron chi connectivity index (χ2n) is 6.28. The molecule has 0 fully saturated rings. The van der Waals surface area contributed by atoms with E-state index in [2.05, 4.69) is 0 Å². The summed E-state index contributed by atoms with van der Waals surface area (Å²) in [4.78, 5) is 24.8. The number of benzene rings is 2. The number of hydrogen-bond donors (Lipinski definition) is 1. The molecule has 0 heterocycles. The van der Waals surface area contributed by atoms with Crippen LogP contribution in [0.3, 0.4) is 0 Å². The number of hydrogen-bond acceptors (Lipinski definition) is 3. The molecule has 1 N–H and O–H groups in total. The summed E-state index contributed by atoms with van der Waals surface area (Å²) in [5.41, 5.74) is 1.35. The van der Waals surface area contributed by atoms with Gasteiger partial charge in [0.2, 0.25) is 5.91 Å². The number of aliphatic carboxylic acids is 1. The molecule has 0 saturated carbocycles. The Morgan fingerprint density at radius 2 is 1.68 bits per heavy atom. The lowest BCUT2D eigenvalue weighted by Gasteiger charge is -2.22. The summed E-state index contributed by atoms with van der Waals surface area (Å²) in [5, 5.41) is 8.91. The molecule has 2 aromatic rings. The van der Waals surface area contributed by atoms with Crippen molar-refractivity contribution >= 4 is 11.9 Å². The summed E-state index contributed by atoms with van der Waals surface area (Å²) < 4.78 is 31.9. The number of carbonyl (C=O) groups excluding carboxylic acids is 1. The van der Waals surface area contributed by atoms with Crippen molar-refractivity contribution in [1.29, 1.82) is 0 Å². The van der Waals surface area contributed by atoms with E-state index in [9.17, 15) is 18.4 Å². The second-order valence-corrected chi connectivity index (χ2v) is 6.28. The highest BCUT2D eigenvalue weighted by atomic mass is 19.2. The van der Waals surface area contributed by atoms with E-state index in [4.69, 9.17) is 9.84 Å². The van der Waals surface area contributed by atoms with Gasteiger partial charge in [0.05, 0.1) is 13.0 Å². The van der Waals surface area contributed by atoms with Crippen molar-refractivity contribution in [3.63, 3.8) is 0 Å². The van der Waals surface area contributed by atoms with Gasteiger partial charge in [-0.15, -0.1) is 0 Å². The fourth-order valence-corrected chi connectivity index (χ4v) is 2.71. The molecule has 150 valence electrons. The van der Waals surface area contributed by atoms with Gasteiger partial charge in [-0.3, -0.25) is 9.59 Å². The Balaban J connectivity index is 2.01. The summed E-state index contributed by atoms with van der Waals surface area (Å²) in [7, 11) is 0. The molecule has 0 aliphatic heterocycles. The average molecular weight is 391 g/mol. The number of carboxylic acids is 1. The highest BCUT2D eigenvalue weighted by Crippen LogP contribution is 2.15. The molecule has 7 heteroatoms. The summed E-state index contributed by atoms with van der Waals surface area (Å²) in [5.74, 6) is -2.51. The number of carboxylic acid groups (broad SMARTS) is 1. The van der Waals surface area contributed by atoms with E-state index in [0.29, 0.717) is 18.6 Å². The largest absolute Gasteiger partial charge is 0.494 e. The molecule has 0 saturated heterocycles. The summed E-state index contributed by atoms with van der Waals surface area (Å²) in [6.07, 6.45) is 0.433. The number of ether oxygens (including phenoxy) is 1. The molecule has 0 aliphatic rings. The van der Waals surface area contributed by atoms with Crippen molar-refractivity contribution in [3.05, 3.63) is 65.2 Å². The Hall–Kier alpha value is -2.96. The minimum atomic E-state index is -1.03. The summed E-state index contributed by atoms with van der Waals surface area (Å²) in [6, 6.07) is 10.8. The Bertz CT molecular complexity index is 809. The van der Waals surface area contributed by atoms with E-state index < -0.39 is 17.6 Å². The van der Waals surface area contributed by atoms with Gasteiger partial charge < -0.3 is 14.7 Å². The van der Waals surface area contributed by atoms with Crippen LogP contribution in [-0.4, -0.2) is 35.0 Å². The van der Waals surface area contributed by atoms with Crippen molar-refractivity contribution in [1.82, 2.24) is 4.90 Å². The van der Waals surface area contributed by atoms with Gasteiger partial charge in [-0.2, -0.15) is 0 Å². The fraction of sp³-hybridized carbons (Fsp3) is 0.333. The third-order valence-corrected chi connectivity index (χ3v) is 4.17. The molecule has 0 aromatic heterocycles. The van der Waals surface area contributed by atoms with Gasteiger partial charge in [0.25, 0.3) is 0 Å². The normalized spacial score (nSPS) is 10.5. The molecule has 0 aliphatic carbocycles. The molecule has 2 rings (SSSR count). The summed E-state index contributed by atoms with van der Waals surface area (Å²) in [6.45, 7) is 2.48. The van der Waals surface area contributed by atoms with Crippen LogP contribution in [-0.2, 0) is 22.6 Å². The van der Waals surface area contributed by atoms with Crippen molar-refractivity contribution in [3.8, 4) is 5.75 Å². The topological polar surface area (TPSA) is 66.8 Å². The average Bonchev–Trinajstić information content (AvgIpc) is 2.67. The Labute approximate surface area is 162 Å². The van der Waals surface area contributed by atoms with E-state index in [-0.39, 0.29) is 31.8 Å². The zero-order valence-electron chi connectivity index (χ0n) is 15.7. The Morgan fingerprint density at radius 1 is 1.00 bits per heavy atom. The van der Waals surface area contributed by atoms with E-state index in [1.807, 2.05) is 31.2 Å². The lowest BCUT2D eigenvalue weighted by Crippen LogP contribution is -2.32. The van der Waals surface area contributed by atoms with Crippen LogP contribution in [0, 0.1) is 11.6 Å². The van der Waals surface area contributed by atoms with E-state index in [1.165, 1.54) is 11.0 Å². The lowest BCUT2D eigenvalue weighted by atomic mass is 10.1. The standard InChI is InChI=1S/C21H23F2NO4/c1-2-28-17-7-3-15(4-8-17)6-10-20(25)24(12-11-21(26)27)14-16-5-9-18(22)19(23)13-16/h3-5,7-9,13H,2,6,10-12,14H2,1H3,(H,26,27). The molecule has 28 heavy (non-hydrogen) atoms. The predicted molar refractivity (Wildman–Crippen MR) is 100.0 cm³/mol. The lowest BCUT2D eigenvalue weighted by molar-refractivity contribution is -0.138. The van der Waals surface area contributed by atoms with Crippen LogP contribution >= 0.6 is 0 Å². The monoisotopic (exact) mass is 391 g/mol. The predicted octanol–water partition coefficient (Wildman–Crippen LogP) is 3.80. The maximum absolute atomic E-state index is 13.4. The minimum absolute atomic E-state index is 0.00353. The van der Waals surface area contributed by atoms with Crippen LogP contribution in [0.1, 0.15) is 30.9 Å². The Kier molecular flexibility index (Phi) is 7.92. The van der Waals surface area contributed by atoms with Crippen LogP contribution in [0.4, 0.5) is 8.78 Å². The van der Waals surface area contributed by atoms with Gasteiger partial charge >= 0.3 is 5.97 Å². The molecule has 0 bridgehead atoms. The molecular weight excluding hydrogens is 368 g/mol. The van der Waals surface area contributed by atoms with E-state index in [1.54, 1.807) is 0 Å². The SMILES string of the molecule is CCOc1ccc(CCC(=O)N(CCC(=O)O)Cc2ccc(F)c(F)c2)cc1. The molecule has 5 nitrogen and oxygen atoms in total.